The molecule has 0 aliphatic rings. The Morgan fingerprint density at radius 2 is 1.88 bits per heavy atom. The third-order valence-corrected chi connectivity index (χ3v) is 6.05. The Kier molecular flexibility index (Phi) is 5.50. The van der Waals surface area contributed by atoms with Crippen molar-refractivity contribution in [3.05, 3.63) is 72.3 Å². The van der Waals surface area contributed by atoms with Gasteiger partial charge in [-0.05, 0) is 65.9 Å². The highest BCUT2D eigenvalue weighted by Gasteiger charge is 2.14. The van der Waals surface area contributed by atoms with Gasteiger partial charge in [-0.1, -0.05) is 18.3 Å². The number of nitrogens with one attached hydrogen (secondary N) is 1. The van der Waals surface area contributed by atoms with Gasteiger partial charge >= 0.3 is 0 Å². The van der Waals surface area contributed by atoms with E-state index in [9.17, 15) is 13.6 Å². The summed E-state index contributed by atoms with van der Waals surface area (Å²) in [5.74, 6) is -0.811. The summed E-state index contributed by atoms with van der Waals surface area (Å²) in [4.78, 5) is 12.2. The Hall–Kier alpha value is -2.18. The minimum absolute atomic E-state index is 0.238. The highest BCUT2D eigenvalue weighted by Crippen LogP contribution is 2.41. The number of hydrogen-bond donors (Lipinski definition) is 1. The molecule has 1 amide bonds. The molecule has 0 fully saturated rings. The molecule has 0 bridgehead atoms. The zero-order valence-corrected chi connectivity index (χ0v) is 14.9. The molecule has 0 unspecified atom stereocenters. The van der Waals surface area contributed by atoms with E-state index in [0.717, 1.165) is 24.8 Å². The van der Waals surface area contributed by atoms with Gasteiger partial charge in [0.15, 0.2) is 0 Å². The number of thiophene rings is 1. The third kappa shape index (κ3) is 4.27. The molecule has 2 nitrogen and oxygen atoms in total. The van der Waals surface area contributed by atoms with Crippen LogP contribution in [0.2, 0.25) is 0 Å². The minimum Gasteiger partial charge on any atom is -0.352 e. The van der Waals surface area contributed by atoms with Gasteiger partial charge in [0.25, 0.3) is 0 Å². The summed E-state index contributed by atoms with van der Waals surface area (Å²) in [5, 5.41) is 3.59. The van der Waals surface area contributed by atoms with Crippen molar-refractivity contribution in [3.8, 4) is 0 Å². The van der Waals surface area contributed by atoms with Gasteiger partial charge in [0.2, 0.25) is 5.91 Å². The van der Waals surface area contributed by atoms with Gasteiger partial charge in [-0.3, -0.25) is 4.79 Å². The number of amides is 1. The quantitative estimate of drug-likeness (QED) is 0.602. The molecule has 1 N–H and O–H groups in total. The van der Waals surface area contributed by atoms with Gasteiger partial charge in [0.05, 0.1) is 4.21 Å². The average Bonchev–Trinajstić information content (AvgIpc) is 2.93. The first kappa shape index (κ1) is 17.6. The van der Waals surface area contributed by atoms with Crippen LogP contribution in [0.15, 0.2) is 64.2 Å². The van der Waals surface area contributed by atoms with Crippen LogP contribution in [0.25, 0.3) is 10.1 Å². The third-order valence-electron chi connectivity index (χ3n) is 3.60. The summed E-state index contributed by atoms with van der Waals surface area (Å²) in [6.45, 7) is 3.86. The second kappa shape index (κ2) is 7.80. The van der Waals surface area contributed by atoms with Crippen LogP contribution in [0.5, 0.6) is 0 Å². The molecule has 3 rings (SSSR count). The standard InChI is InChI=1S/C19H15F2NOS2/c1-2-18(23)22-10-9-15-16-11-13(21)5-8-17(16)25-19(15)24-14-6-3-12(20)4-7-14/h2-8,11H,1,9-10H2,(H,22,23). The van der Waals surface area contributed by atoms with Crippen LogP contribution >= 0.6 is 23.1 Å². The summed E-state index contributed by atoms with van der Waals surface area (Å²) in [6.07, 6.45) is 1.80. The normalized spacial score (nSPS) is 10.8. The van der Waals surface area contributed by atoms with Gasteiger partial charge in [0.1, 0.15) is 11.6 Å². The molecule has 1 heterocycles. The number of rotatable bonds is 6. The monoisotopic (exact) mass is 375 g/mol. The molecule has 6 heteroatoms. The Balaban J connectivity index is 1.92. The molecule has 0 aliphatic heterocycles. The van der Waals surface area contributed by atoms with E-state index in [1.54, 1.807) is 29.5 Å². The van der Waals surface area contributed by atoms with Crippen molar-refractivity contribution in [2.45, 2.75) is 15.5 Å². The predicted molar refractivity (Wildman–Crippen MR) is 99.2 cm³/mol. The van der Waals surface area contributed by atoms with Gasteiger partial charge in [-0.25, -0.2) is 8.78 Å². The second-order valence-electron chi connectivity index (χ2n) is 5.31. The minimum atomic E-state index is -0.292. The molecular weight excluding hydrogens is 360 g/mol. The first-order valence-corrected chi connectivity index (χ1v) is 9.25. The van der Waals surface area contributed by atoms with E-state index >= 15 is 0 Å². The fourth-order valence-corrected chi connectivity index (χ4v) is 4.92. The fourth-order valence-electron chi connectivity index (χ4n) is 2.41. The molecule has 0 saturated heterocycles. The van der Waals surface area contributed by atoms with Crippen LogP contribution in [-0.2, 0) is 11.2 Å². The van der Waals surface area contributed by atoms with Crippen molar-refractivity contribution in [1.82, 2.24) is 5.32 Å². The number of carbonyl (C=O) groups excluding carboxylic acids is 1. The van der Waals surface area contributed by atoms with Crippen LogP contribution in [0.3, 0.4) is 0 Å². The van der Waals surface area contributed by atoms with Crippen molar-refractivity contribution >= 4 is 39.1 Å². The smallest absolute Gasteiger partial charge is 0.243 e. The molecule has 0 aliphatic carbocycles. The van der Waals surface area contributed by atoms with E-state index in [4.69, 9.17) is 0 Å². The topological polar surface area (TPSA) is 29.1 Å². The highest BCUT2D eigenvalue weighted by atomic mass is 32.2. The van der Waals surface area contributed by atoms with Gasteiger partial charge < -0.3 is 5.32 Å². The Morgan fingerprint density at radius 3 is 2.60 bits per heavy atom. The zero-order chi connectivity index (χ0) is 17.8. The summed E-state index contributed by atoms with van der Waals surface area (Å²) >= 11 is 3.08. The number of benzene rings is 2. The molecule has 2 aromatic carbocycles. The Morgan fingerprint density at radius 1 is 1.16 bits per heavy atom. The van der Waals surface area contributed by atoms with E-state index in [1.165, 1.54) is 42.1 Å². The lowest BCUT2D eigenvalue weighted by Crippen LogP contribution is -2.23. The van der Waals surface area contributed by atoms with Crippen LogP contribution in [-0.4, -0.2) is 12.5 Å². The summed E-state index contributed by atoms with van der Waals surface area (Å²) in [6, 6.07) is 11.0. The van der Waals surface area contributed by atoms with E-state index in [1.807, 2.05) is 0 Å². The molecule has 0 radical (unpaired) electrons. The van der Waals surface area contributed by atoms with Crippen molar-refractivity contribution < 1.29 is 13.6 Å². The Bertz CT molecular complexity index is 919. The SMILES string of the molecule is C=CC(=O)NCCc1c(Sc2ccc(F)cc2)sc2ccc(F)cc12. The lowest BCUT2D eigenvalue weighted by Gasteiger charge is -2.06. The van der Waals surface area contributed by atoms with E-state index in [0.29, 0.717) is 13.0 Å². The fraction of sp³-hybridized carbons (Fsp3) is 0.105. The van der Waals surface area contributed by atoms with Gasteiger partial charge in [0, 0.05) is 16.1 Å². The number of halogens is 2. The van der Waals surface area contributed by atoms with Crippen molar-refractivity contribution in [2.24, 2.45) is 0 Å². The molecule has 3 aromatic rings. The van der Waals surface area contributed by atoms with Crippen LogP contribution in [0.4, 0.5) is 8.78 Å². The maximum atomic E-state index is 13.7. The van der Waals surface area contributed by atoms with E-state index in [2.05, 4.69) is 11.9 Å². The lowest BCUT2D eigenvalue weighted by atomic mass is 10.1. The molecule has 1 aromatic heterocycles. The number of carbonyl (C=O) groups is 1. The average molecular weight is 375 g/mol. The zero-order valence-electron chi connectivity index (χ0n) is 13.2. The number of fused-ring (bicyclic) bond motifs is 1. The molecule has 25 heavy (non-hydrogen) atoms. The van der Waals surface area contributed by atoms with Gasteiger partial charge in [-0.15, -0.1) is 11.3 Å². The maximum absolute atomic E-state index is 13.7. The van der Waals surface area contributed by atoms with Crippen LogP contribution in [0.1, 0.15) is 5.56 Å². The van der Waals surface area contributed by atoms with Crippen molar-refractivity contribution in [3.63, 3.8) is 0 Å². The summed E-state index contributed by atoms with van der Waals surface area (Å²) < 4.78 is 28.8. The maximum Gasteiger partial charge on any atom is 0.243 e. The Labute approximate surface area is 152 Å². The van der Waals surface area contributed by atoms with Crippen molar-refractivity contribution in [1.29, 1.82) is 0 Å². The lowest BCUT2D eigenvalue weighted by molar-refractivity contribution is -0.116. The van der Waals surface area contributed by atoms with E-state index in [-0.39, 0.29) is 17.5 Å². The van der Waals surface area contributed by atoms with Gasteiger partial charge in [-0.2, -0.15) is 0 Å². The highest BCUT2D eigenvalue weighted by molar-refractivity contribution is 8.01. The first-order chi connectivity index (χ1) is 12.1. The summed E-state index contributed by atoms with van der Waals surface area (Å²) in [7, 11) is 0. The largest absolute Gasteiger partial charge is 0.352 e. The molecule has 128 valence electrons. The number of hydrogen-bond acceptors (Lipinski definition) is 3. The molecular formula is C19H15F2NOS2. The van der Waals surface area contributed by atoms with E-state index < -0.39 is 0 Å². The van der Waals surface area contributed by atoms with Crippen LogP contribution in [0, 0.1) is 11.6 Å². The predicted octanol–water partition coefficient (Wildman–Crippen LogP) is 5.18. The first-order valence-electron chi connectivity index (χ1n) is 7.61. The molecule has 0 saturated carbocycles. The summed E-state index contributed by atoms with van der Waals surface area (Å²) in [5.41, 5.74) is 0.984. The van der Waals surface area contributed by atoms with Crippen LogP contribution < -0.4 is 5.32 Å². The van der Waals surface area contributed by atoms with Crippen molar-refractivity contribution in [2.75, 3.05) is 6.54 Å². The second-order valence-corrected chi connectivity index (χ2v) is 7.70. The molecule has 0 spiro atoms. The molecule has 0 atom stereocenters.